The minimum Gasteiger partial charge on any atom is -0.376 e. The maximum atomic E-state index is 13.1. The Morgan fingerprint density at radius 2 is 1.82 bits per heavy atom. The second-order valence-electron chi connectivity index (χ2n) is 6.21. The van der Waals surface area contributed by atoms with E-state index >= 15 is 0 Å². The Bertz CT molecular complexity index is 662. The van der Waals surface area contributed by atoms with Crippen LogP contribution in [0.4, 0.5) is 15.8 Å². The van der Waals surface area contributed by atoms with Crippen molar-refractivity contribution in [3.05, 3.63) is 59.9 Å². The van der Waals surface area contributed by atoms with E-state index in [4.69, 9.17) is 0 Å². The molecule has 22 heavy (non-hydrogen) atoms. The van der Waals surface area contributed by atoms with Crippen molar-refractivity contribution < 1.29 is 9.18 Å². The first kappa shape index (κ1) is 16.0. The third kappa shape index (κ3) is 4.32. The van der Waals surface area contributed by atoms with E-state index in [1.165, 1.54) is 12.1 Å². The summed E-state index contributed by atoms with van der Waals surface area (Å²) in [5.74, 6) is -0.585. The Morgan fingerprint density at radius 1 is 1.09 bits per heavy atom. The molecule has 1 amide bonds. The second-order valence-corrected chi connectivity index (χ2v) is 6.21. The van der Waals surface area contributed by atoms with Gasteiger partial charge in [0, 0.05) is 11.4 Å². The van der Waals surface area contributed by atoms with Crippen LogP contribution >= 0.6 is 0 Å². The molecule has 4 heteroatoms. The minimum absolute atomic E-state index is 0.0113. The van der Waals surface area contributed by atoms with E-state index in [2.05, 4.69) is 31.4 Å². The van der Waals surface area contributed by atoms with E-state index in [1.54, 1.807) is 12.1 Å². The van der Waals surface area contributed by atoms with Crippen LogP contribution in [0.1, 0.15) is 26.3 Å². The maximum absolute atomic E-state index is 13.1. The first-order chi connectivity index (χ1) is 10.4. The van der Waals surface area contributed by atoms with Crippen molar-refractivity contribution in [2.45, 2.75) is 26.2 Å². The fourth-order valence-electron chi connectivity index (χ4n) is 2.24. The lowest BCUT2D eigenvalue weighted by Crippen LogP contribution is -2.23. The first-order valence-electron chi connectivity index (χ1n) is 7.25. The summed E-state index contributed by atoms with van der Waals surface area (Å²) < 4.78 is 13.1. The molecule has 0 aliphatic rings. The predicted octanol–water partition coefficient (Wildman–Crippen LogP) is 4.17. The van der Waals surface area contributed by atoms with Gasteiger partial charge in [-0.1, -0.05) is 45.0 Å². The number of nitrogens with one attached hydrogen (secondary N) is 2. The van der Waals surface area contributed by atoms with E-state index in [0.29, 0.717) is 5.69 Å². The summed E-state index contributed by atoms with van der Waals surface area (Å²) in [6, 6.07) is 13.8. The van der Waals surface area contributed by atoms with Gasteiger partial charge < -0.3 is 10.6 Å². The standard InChI is InChI=1S/C18H21FN2O/c1-18(2,3)15-9-4-5-10-16(15)20-12-17(22)21-14-8-6-7-13(19)11-14/h4-11,20H,12H2,1-3H3,(H,21,22). The van der Waals surface area contributed by atoms with Gasteiger partial charge in [-0.25, -0.2) is 4.39 Å². The lowest BCUT2D eigenvalue weighted by molar-refractivity contribution is -0.114. The van der Waals surface area contributed by atoms with Gasteiger partial charge in [0.05, 0.1) is 6.54 Å². The molecule has 116 valence electrons. The SMILES string of the molecule is CC(C)(C)c1ccccc1NCC(=O)Nc1cccc(F)c1. The Morgan fingerprint density at radius 3 is 2.50 bits per heavy atom. The van der Waals surface area contributed by atoms with E-state index in [1.807, 2.05) is 24.3 Å². The van der Waals surface area contributed by atoms with Crippen molar-refractivity contribution >= 4 is 17.3 Å². The molecule has 0 heterocycles. The molecule has 0 unspecified atom stereocenters. The molecule has 0 bridgehead atoms. The monoisotopic (exact) mass is 300 g/mol. The van der Waals surface area contributed by atoms with Crippen LogP contribution in [0.5, 0.6) is 0 Å². The molecule has 0 aliphatic carbocycles. The van der Waals surface area contributed by atoms with Gasteiger partial charge in [0.1, 0.15) is 5.82 Å². The van der Waals surface area contributed by atoms with Gasteiger partial charge in [0.2, 0.25) is 5.91 Å². The smallest absolute Gasteiger partial charge is 0.243 e. The third-order valence-electron chi connectivity index (χ3n) is 3.28. The number of anilines is 2. The van der Waals surface area contributed by atoms with Crippen LogP contribution in [0, 0.1) is 5.82 Å². The van der Waals surface area contributed by atoms with Gasteiger partial charge in [-0.2, -0.15) is 0 Å². The van der Waals surface area contributed by atoms with Crippen LogP contribution in [-0.2, 0) is 10.2 Å². The summed E-state index contributed by atoms with van der Waals surface area (Å²) >= 11 is 0. The number of hydrogen-bond acceptors (Lipinski definition) is 2. The Hall–Kier alpha value is -2.36. The Labute approximate surface area is 130 Å². The molecule has 0 saturated carbocycles. The van der Waals surface area contributed by atoms with Crippen molar-refractivity contribution in [3.63, 3.8) is 0 Å². The summed E-state index contributed by atoms with van der Waals surface area (Å²) in [7, 11) is 0. The van der Waals surface area contributed by atoms with Gasteiger partial charge in [0.15, 0.2) is 0 Å². The fourth-order valence-corrected chi connectivity index (χ4v) is 2.24. The molecular formula is C18H21FN2O. The zero-order valence-corrected chi connectivity index (χ0v) is 13.1. The van der Waals surface area contributed by atoms with Crippen molar-refractivity contribution in [1.29, 1.82) is 0 Å². The van der Waals surface area contributed by atoms with E-state index in [-0.39, 0.29) is 23.7 Å². The number of hydrogen-bond donors (Lipinski definition) is 2. The number of carbonyl (C=O) groups is 1. The molecule has 0 aromatic heterocycles. The third-order valence-corrected chi connectivity index (χ3v) is 3.28. The molecule has 2 aromatic carbocycles. The van der Waals surface area contributed by atoms with E-state index in [0.717, 1.165) is 11.3 Å². The first-order valence-corrected chi connectivity index (χ1v) is 7.25. The molecule has 0 fully saturated rings. The number of benzene rings is 2. The average Bonchev–Trinajstić information content (AvgIpc) is 2.44. The summed E-state index contributed by atoms with van der Waals surface area (Å²) in [5, 5.41) is 5.82. The molecule has 0 aliphatic heterocycles. The molecule has 0 spiro atoms. The highest BCUT2D eigenvalue weighted by Gasteiger charge is 2.17. The van der Waals surface area contributed by atoms with Gasteiger partial charge >= 0.3 is 0 Å². The second kappa shape index (κ2) is 6.60. The predicted molar refractivity (Wildman–Crippen MR) is 88.7 cm³/mol. The van der Waals surface area contributed by atoms with E-state index < -0.39 is 0 Å². The van der Waals surface area contributed by atoms with Crippen molar-refractivity contribution in [1.82, 2.24) is 0 Å². The highest BCUT2D eigenvalue weighted by Crippen LogP contribution is 2.29. The topological polar surface area (TPSA) is 41.1 Å². The molecule has 0 radical (unpaired) electrons. The molecular weight excluding hydrogens is 279 g/mol. The highest BCUT2D eigenvalue weighted by molar-refractivity contribution is 5.93. The number of para-hydroxylation sites is 1. The number of rotatable bonds is 4. The van der Waals surface area contributed by atoms with Crippen LogP contribution in [0.2, 0.25) is 0 Å². The van der Waals surface area contributed by atoms with Gasteiger partial charge in [-0.15, -0.1) is 0 Å². The molecule has 2 N–H and O–H groups in total. The summed E-state index contributed by atoms with van der Waals surface area (Å²) in [6.45, 7) is 6.50. The molecule has 0 saturated heterocycles. The molecule has 2 aromatic rings. The summed E-state index contributed by atoms with van der Waals surface area (Å²) in [4.78, 5) is 12.0. The average molecular weight is 300 g/mol. The van der Waals surface area contributed by atoms with Crippen LogP contribution in [0.25, 0.3) is 0 Å². The number of carbonyl (C=O) groups excluding carboxylic acids is 1. The van der Waals surface area contributed by atoms with Gasteiger partial charge in [-0.3, -0.25) is 4.79 Å². The lowest BCUT2D eigenvalue weighted by atomic mass is 9.86. The molecule has 0 atom stereocenters. The maximum Gasteiger partial charge on any atom is 0.243 e. The van der Waals surface area contributed by atoms with Crippen LogP contribution < -0.4 is 10.6 Å². The normalized spacial score (nSPS) is 11.1. The van der Waals surface area contributed by atoms with Crippen molar-refractivity contribution in [2.75, 3.05) is 17.2 Å². The summed E-state index contributed by atoms with van der Waals surface area (Å²) in [5.41, 5.74) is 2.52. The number of amides is 1. The molecule has 2 rings (SSSR count). The Balaban J connectivity index is 2.00. The zero-order chi connectivity index (χ0) is 16.2. The minimum atomic E-state index is -0.371. The van der Waals surface area contributed by atoms with E-state index in [9.17, 15) is 9.18 Å². The summed E-state index contributed by atoms with van der Waals surface area (Å²) in [6.07, 6.45) is 0. The highest BCUT2D eigenvalue weighted by atomic mass is 19.1. The molecule has 3 nitrogen and oxygen atoms in total. The van der Waals surface area contributed by atoms with Crippen LogP contribution in [-0.4, -0.2) is 12.5 Å². The van der Waals surface area contributed by atoms with Gasteiger partial charge in [0.25, 0.3) is 0 Å². The van der Waals surface area contributed by atoms with Crippen LogP contribution in [0.3, 0.4) is 0 Å². The lowest BCUT2D eigenvalue weighted by Gasteiger charge is -2.23. The Kier molecular flexibility index (Phi) is 4.81. The van der Waals surface area contributed by atoms with Crippen molar-refractivity contribution in [3.8, 4) is 0 Å². The largest absolute Gasteiger partial charge is 0.376 e. The van der Waals surface area contributed by atoms with Gasteiger partial charge in [-0.05, 0) is 35.2 Å². The fraction of sp³-hybridized carbons (Fsp3) is 0.278. The zero-order valence-electron chi connectivity index (χ0n) is 13.1. The van der Waals surface area contributed by atoms with Crippen LogP contribution in [0.15, 0.2) is 48.5 Å². The van der Waals surface area contributed by atoms with Crippen molar-refractivity contribution in [2.24, 2.45) is 0 Å². The quantitative estimate of drug-likeness (QED) is 0.889. The number of halogens is 1.